The van der Waals surface area contributed by atoms with Crippen LogP contribution in [0, 0.1) is 12.8 Å². The largest absolute Gasteiger partial charge is 0.364 e. The predicted octanol–water partition coefficient (Wildman–Crippen LogP) is 2.31. The smallest absolute Gasteiger partial charge is 0.253 e. The lowest BCUT2D eigenvalue weighted by atomic mass is 9.99. The highest BCUT2D eigenvalue weighted by Crippen LogP contribution is 2.24. The van der Waals surface area contributed by atoms with E-state index in [0.717, 1.165) is 37.2 Å². The summed E-state index contributed by atoms with van der Waals surface area (Å²) in [6.45, 7) is 6.17. The summed E-state index contributed by atoms with van der Waals surface area (Å²) in [7, 11) is 0. The van der Waals surface area contributed by atoms with E-state index in [1.165, 1.54) is 6.42 Å². The quantitative estimate of drug-likeness (QED) is 0.864. The van der Waals surface area contributed by atoms with Gasteiger partial charge in [0.1, 0.15) is 6.10 Å². The van der Waals surface area contributed by atoms with Gasteiger partial charge < -0.3 is 20.7 Å². The predicted molar refractivity (Wildman–Crippen MR) is 101 cm³/mol. The van der Waals surface area contributed by atoms with Gasteiger partial charge in [-0.2, -0.15) is 0 Å². The first-order valence-corrected chi connectivity index (χ1v) is 9.54. The monoisotopic (exact) mass is 359 g/mol. The summed E-state index contributed by atoms with van der Waals surface area (Å²) in [5, 5.41) is 2.92. The van der Waals surface area contributed by atoms with E-state index in [1.807, 2.05) is 24.0 Å². The minimum atomic E-state index is -0.445. The summed E-state index contributed by atoms with van der Waals surface area (Å²) in [4.78, 5) is 27.0. The number of aryl methyl sites for hydroxylation is 1. The maximum absolute atomic E-state index is 12.7. The fourth-order valence-electron chi connectivity index (χ4n) is 3.78. The van der Waals surface area contributed by atoms with E-state index in [4.69, 9.17) is 10.5 Å². The van der Waals surface area contributed by atoms with Gasteiger partial charge in [0.2, 0.25) is 0 Å². The number of anilines is 1. The zero-order valence-corrected chi connectivity index (χ0v) is 15.7. The molecule has 0 aromatic heterocycles. The van der Waals surface area contributed by atoms with E-state index in [9.17, 15) is 9.59 Å². The standard InChI is InChI=1S/C20H29N3O3/c1-13-4-3-9-23(12-13)20(25)15-5-7-17(14(2)10-15)22-19(24)18-8-6-16(11-21)26-18/h5,7,10,13,16,18H,3-4,6,8-9,11-12,21H2,1-2H3,(H,22,24)/t13?,16-,18+/m1/s1. The molecule has 3 atom stereocenters. The molecule has 2 aliphatic rings. The summed E-state index contributed by atoms with van der Waals surface area (Å²) >= 11 is 0. The van der Waals surface area contributed by atoms with Crippen LogP contribution in [0.15, 0.2) is 18.2 Å². The van der Waals surface area contributed by atoms with Crippen molar-refractivity contribution in [1.29, 1.82) is 0 Å². The number of carbonyl (C=O) groups excluding carboxylic acids is 2. The number of hydrogen-bond acceptors (Lipinski definition) is 4. The van der Waals surface area contributed by atoms with Crippen LogP contribution in [0.1, 0.15) is 48.5 Å². The SMILES string of the molecule is Cc1cc(C(=O)N2CCCC(C)C2)ccc1NC(=O)[C@@H]1CC[C@H](CN)O1. The van der Waals surface area contributed by atoms with Crippen LogP contribution in [0.4, 0.5) is 5.69 Å². The molecule has 3 rings (SSSR count). The van der Waals surface area contributed by atoms with Gasteiger partial charge in [-0.1, -0.05) is 6.92 Å². The molecule has 1 aromatic carbocycles. The molecular weight excluding hydrogens is 330 g/mol. The van der Waals surface area contributed by atoms with Crippen molar-refractivity contribution in [2.24, 2.45) is 11.7 Å². The number of likely N-dealkylation sites (tertiary alicyclic amines) is 1. The van der Waals surface area contributed by atoms with Crippen molar-refractivity contribution < 1.29 is 14.3 Å². The minimum Gasteiger partial charge on any atom is -0.364 e. The molecular formula is C20H29N3O3. The summed E-state index contributed by atoms with van der Waals surface area (Å²) < 4.78 is 5.64. The summed E-state index contributed by atoms with van der Waals surface area (Å²) in [5.41, 5.74) is 7.87. The molecule has 6 heteroatoms. The van der Waals surface area contributed by atoms with E-state index >= 15 is 0 Å². The third-order valence-electron chi connectivity index (χ3n) is 5.34. The Morgan fingerprint density at radius 1 is 1.31 bits per heavy atom. The van der Waals surface area contributed by atoms with Crippen LogP contribution in [0.3, 0.4) is 0 Å². The molecule has 2 aliphatic heterocycles. The summed E-state index contributed by atoms with van der Waals surface area (Å²) in [5.74, 6) is 0.478. The molecule has 0 aliphatic carbocycles. The second-order valence-corrected chi connectivity index (χ2v) is 7.58. The number of amides is 2. The van der Waals surface area contributed by atoms with Crippen molar-refractivity contribution in [3.8, 4) is 0 Å². The van der Waals surface area contributed by atoms with Gasteiger partial charge in [0.25, 0.3) is 11.8 Å². The van der Waals surface area contributed by atoms with Crippen LogP contribution in [-0.2, 0) is 9.53 Å². The first kappa shape index (κ1) is 18.9. The number of nitrogens with two attached hydrogens (primary N) is 1. The Morgan fingerprint density at radius 3 is 2.77 bits per heavy atom. The van der Waals surface area contributed by atoms with Crippen molar-refractivity contribution in [3.05, 3.63) is 29.3 Å². The van der Waals surface area contributed by atoms with E-state index < -0.39 is 6.10 Å². The lowest BCUT2D eigenvalue weighted by Crippen LogP contribution is -2.39. The molecule has 0 bridgehead atoms. The Labute approximate surface area is 155 Å². The first-order valence-electron chi connectivity index (χ1n) is 9.54. The average molecular weight is 359 g/mol. The van der Waals surface area contributed by atoms with Gasteiger partial charge >= 0.3 is 0 Å². The van der Waals surface area contributed by atoms with Crippen LogP contribution in [0.25, 0.3) is 0 Å². The number of rotatable bonds is 4. The number of nitrogens with one attached hydrogen (secondary N) is 1. The van der Waals surface area contributed by atoms with Gasteiger partial charge in [0, 0.05) is 30.9 Å². The summed E-state index contributed by atoms with van der Waals surface area (Å²) in [6.07, 6.45) is 3.27. The van der Waals surface area contributed by atoms with Gasteiger partial charge in [0.15, 0.2) is 0 Å². The Balaban J connectivity index is 1.64. The van der Waals surface area contributed by atoms with Gasteiger partial charge in [-0.3, -0.25) is 9.59 Å². The number of benzene rings is 1. The summed E-state index contributed by atoms with van der Waals surface area (Å²) in [6, 6.07) is 5.46. The second kappa shape index (κ2) is 8.18. The fraction of sp³-hybridized carbons (Fsp3) is 0.600. The highest BCUT2D eigenvalue weighted by atomic mass is 16.5. The van der Waals surface area contributed by atoms with Crippen LogP contribution in [0.2, 0.25) is 0 Å². The number of hydrogen-bond donors (Lipinski definition) is 2. The molecule has 2 amide bonds. The molecule has 0 radical (unpaired) electrons. The topological polar surface area (TPSA) is 84.7 Å². The van der Waals surface area contributed by atoms with Crippen molar-refractivity contribution in [2.45, 2.75) is 51.7 Å². The average Bonchev–Trinajstić information content (AvgIpc) is 3.12. The van der Waals surface area contributed by atoms with Gasteiger partial charge in [-0.15, -0.1) is 0 Å². The van der Waals surface area contributed by atoms with Crippen LogP contribution < -0.4 is 11.1 Å². The molecule has 3 N–H and O–H groups in total. The van der Waals surface area contributed by atoms with Crippen molar-refractivity contribution in [1.82, 2.24) is 4.90 Å². The molecule has 6 nitrogen and oxygen atoms in total. The van der Waals surface area contributed by atoms with Gasteiger partial charge in [-0.05, 0) is 62.3 Å². The number of carbonyl (C=O) groups is 2. The van der Waals surface area contributed by atoms with E-state index in [1.54, 1.807) is 6.07 Å². The molecule has 0 saturated carbocycles. The maximum atomic E-state index is 12.7. The molecule has 2 saturated heterocycles. The maximum Gasteiger partial charge on any atom is 0.253 e. The Morgan fingerprint density at radius 2 is 2.12 bits per heavy atom. The molecule has 2 fully saturated rings. The Hall–Kier alpha value is -1.92. The third kappa shape index (κ3) is 4.24. The Bertz CT molecular complexity index is 676. The number of piperidine rings is 1. The van der Waals surface area contributed by atoms with Gasteiger partial charge in [-0.25, -0.2) is 0 Å². The first-order chi connectivity index (χ1) is 12.5. The minimum absolute atomic E-state index is 0.0289. The molecule has 2 heterocycles. The lowest BCUT2D eigenvalue weighted by Gasteiger charge is -2.31. The molecule has 26 heavy (non-hydrogen) atoms. The van der Waals surface area contributed by atoms with Crippen LogP contribution in [0.5, 0.6) is 0 Å². The highest BCUT2D eigenvalue weighted by Gasteiger charge is 2.30. The van der Waals surface area contributed by atoms with Crippen molar-refractivity contribution in [2.75, 3.05) is 25.0 Å². The number of ether oxygens (including phenoxy) is 1. The zero-order chi connectivity index (χ0) is 18.7. The van der Waals surface area contributed by atoms with Crippen LogP contribution in [-0.4, -0.2) is 48.6 Å². The zero-order valence-electron chi connectivity index (χ0n) is 15.7. The molecule has 1 unspecified atom stereocenters. The number of nitrogens with zero attached hydrogens (tertiary/aromatic N) is 1. The van der Waals surface area contributed by atoms with Crippen LogP contribution >= 0.6 is 0 Å². The normalized spacial score (nSPS) is 26.0. The lowest BCUT2D eigenvalue weighted by molar-refractivity contribution is -0.126. The van der Waals surface area contributed by atoms with Crippen molar-refractivity contribution >= 4 is 17.5 Å². The molecule has 0 spiro atoms. The van der Waals surface area contributed by atoms with Crippen molar-refractivity contribution in [3.63, 3.8) is 0 Å². The van der Waals surface area contributed by atoms with Gasteiger partial charge in [0.05, 0.1) is 6.10 Å². The fourth-order valence-corrected chi connectivity index (χ4v) is 3.78. The second-order valence-electron chi connectivity index (χ2n) is 7.58. The van der Waals surface area contributed by atoms with E-state index in [2.05, 4.69) is 12.2 Å². The van der Waals surface area contributed by atoms with E-state index in [-0.39, 0.29) is 17.9 Å². The molecule has 142 valence electrons. The van der Waals surface area contributed by atoms with E-state index in [0.29, 0.717) is 24.4 Å². The Kier molecular flexibility index (Phi) is 5.94. The third-order valence-corrected chi connectivity index (χ3v) is 5.34. The highest BCUT2D eigenvalue weighted by molar-refractivity contribution is 5.97. The molecule has 1 aromatic rings.